The SMILES string of the molecule is C=CC(=O)N1C(C)(C)CN(CC(=O)CC)CC1(C)C. The minimum absolute atomic E-state index is 0.0449. The maximum Gasteiger partial charge on any atom is 0.246 e. The molecule has 0 radical (unpaired) electrons. The van der Waals surface area contributed by atoms with Gasteiger partial charge in [0.05, 0.1) is 17.6 Å². The van der Waals surface area contributed by atoms with Crippen LogP contribution in [0.4, 0.5) is 0 Å². The van der Waals surface area contributed by atoms with Crippen LogP contribution in [0.1, 0.15) is 41.0 Å². The van der Waals surface area contributed by atoms with Gasteiger partial charge in [-0.05, 0) is 33.8 Å². The summed E-state index contributed by atoms with van der Waals surface area (Å²) in [5, 5.41) is 0. The molecule has 1 rings (SSSR count). The average Bonchev–Trinajstić information content (AvgIpc) is 2.24. The van der Waals surface area contributed by atoms with E-state index in [1.807, 2.05) is 39.5 Å². The fraction of sp³-hybridized carbons (Fsp3) is 0.733. The number of nitrogens with zero attached hydrogens (tertiary/aromatic N) is 2. The van der Waals surface area contributed by atoms with Crippen LogP contribution in [0.25, 0.3) is 0 Å². The van der Waals surface area contributed by atoms with Crippen LogP contribution in [-0.4, -0.2) is 52.2 Å². The molecule has 0 aromatic rings. The number of hydrogen-bond acceptors (Lipinski definition) is 3. The number of Topliss-reactive ketones (excluding diaryl/α,β-unsaturated/α-hetero) is 1. The summed E-state index contributed by atoms with van der Waals surface area (Å²) in [7, 11) is 0. The van der Waals surface area contributed by atoms with Crippen molar-refractivity contribution in [2.24, 2.45) is 0 Å². The number of amides is 1. The Balaban J connectivity index is 2.96. The molecule has 108 valence electrons. The molecule has 4 nitrogen and oxygen atoms in total. The zero-order valence-corrected chi connectivity index (χ0v) is 12.8. The first-order valence-electron chi connectivity index (χ1n) is 6.85. The van der Waals surface area contributed by atoms with Gasteiger partial charge in [0.1, 0.15) is 5.78 Å². The van der Waals surface area contributed by atoms with E-state index in [4.69, 9.17) is 0 Å². The normalized spacial score (nSPS) is 22.1. The summed E-state index contributed by atoms with van der Waals surface area (Å²) in [5.41, 5.74) is -0.609. The van der Waals surface area contributed by atoms with Crippen molar-refractivity contribution in [3.63, 3.8) is 0 Å². The van der Waals surface area contributed by atoms with Crippen LogP contribution in [0.15, 0.2) is 12.7 Å². The maximum atomic E-state index is 12.1. The minimum atomic E-state index is -0.305. The summed E-state index contributed by atoms with van der Waals surface area (Å²) >= 11 is 0. The summed E-state index contributed by atoms with van der Waals surface area (Å²) in [5.74, 6) is 0.201. The molecular weight excluding hydrogens is 240 g/mol. The van der Waals surface area contributed by atoms with Gasteiger partial charge in [0, 0.05) is 19.5 Å². The summed E-state index contributed by atoms with van der Waals surface area (Å²) in [6.07, 6.45) is 1.93. The van der Waals surface area contributed by atoms with Gasteiger partial charge in [-0.25, -0.2) is 0 Å². The summed E-state index contributed by atoms with van der Waals surface area (Å²) in [4.78, 5) is 27.8. The van der Waals surface area contributed by atoms with E-state index in [-0.39, 0.29) is 22.8 Å². The Hall–Kier alpha value is -1.16. The van der Waals surface area contributed by atoms with E-state index in [9.17, 15) is 9.59 Å². The number of carbonyl (C=O) groups is 2. The van der Waals surface area contributed by atoms with Crippen molar-refractivity contribution in [1.29, 1.82) is 0 Å². The summed E-state index contributed by atoms with van der Waals surface area (Å²) < 4.78 is 0. The van der Waals surface area contributed by atoms with Gasteiger partial charge >= 0.3 is 0 Å². The molecule has 0 unspecified atom stereocenters. The third-order valence-electron chi connectivity index (χ3n) is 3.62. The monoisotopic (exact) mass is 266 g/mol. The average molecular weight is 266 g/mol. The first-order valence-corrected chi connectivity index (χ1v) is 6.85. The predicted molar refractivity (Wildman–Crippen MR) is 76.9 cm³/mol. The lowest BCUT2D eigenvalue weighted by molar-refractivity contribution is -0.148. The van der Waals surface area contributed by atoms with Crippen LogP contribution in [0.5, 0.6) is 0 Å². The molecule has 1 heterocycles. The van der Waals surface area contributed by atoms with Crippen molar-refractivity contribution in [1.82, 2.24) is 9.80 Å². The van der Waals surface area contributed by atoms with E-state index >= 15 is 0 Å². The Bertz CT molecular complexity index is 368. The van der Waals surface area contributed by atoms with Crippen molar-refractivity contribution in [2.75, 3.05) is 19.6 Å². The first-order chi connectivity index (χ1) is 8.64. The molecule has 0 N–H and O–H groups in total. The minimum Gasteiger partial charge on any atom is -0.326 e. The standard InChI is InChI=1S/C15H26N2O2/c1-7-12(18)9-16-10-14(3,4)17(13(19)8-2)15(5,6)11-16/h8H,2,7,9-11H2,1,3-6H3. The Kier molecular flexibility index (Phi) is 4.56. The molecular formula is C15H26N2O2. The van der Waals surface area contributed by atoms with E-state index in [1.54, 1.807) is 0 Å². The third kappa shape index (κ3) is 3.44. The Morgan fingerprint density at radius 2 is 1.63 bits per heavy atom. The van der Waals surface area contributed by atoms with Crippen LogP contribution in [-0.2, 0) is 9.59 Å². The zero-order chi connectivity index (χ0) is 14.8. The highest BCUT2D eigenvalue weighted by Crippen LogP contribution is 2.32. The number of ketones is 1. The van der Waals surface area contributed by atoms with E-state index in [2.05, 4.69) is 11.5 Å². The Morgan fingerprint density at radius 3 is 2.00 bits per heavy atom. The van der Waals surface area contributed by atoms with E-state index in [0.717, 1.165) is 0 Å². The lowest BCUT2D eigenvalue weighted by Crippen LogP contribution is -2.70. The quantitative estimate of drug-likeness (QED) is 0.729. The second-order valence-electron chi connectivity index (χ2n) is 6.54. The number of carbonyl (C=O) groups excluding carboxylic acids is 2. The molecule has 1 aliphatic rings. The smallest absolute Gasteiger partial charge is 0.246 e. The van der Waals surface area contributed by atoms with Gasteiger partial charge in [-0.2, -0.15) is 0 Å². The van der Waals surface area contributed by atoms with Crippen LogP contribution in [0.2, 0.25) is 0 Å². The molecule has 19 heavy (non-hydrogen) atoms. The van der Waals surface area contributed by atoms with Crippen LogP contribution < -0.4 is 0 Å². The third-order valence-corrected chi connectivity index (χ3v) is 3.62. The first kappa shape index (κ1) is 15.9. The van der Waals surface area contributed by atoms with Crippen molar-refractivity contribution in [3.8, 4) is 0 Å². The van der Waals surface area contributed by atoms with Crippen LogP contribution in [0, 0.1) is 0 Å². The molecule has 1 amide bonds. The molecule has 4 heteroatoms. The fourth-order valence-corrected chi connectivity index (χ4v) is 3.27. The van der Waals surface area contributed by atoms with Crippen LogP contribution >= 0.6 is 0 Å². The fourth-order valence-electron chi connectivity index (χ4n) is 3.27. The number of piperazine rings is 1. The zero-order valence-electron chi connectivity index (χ0n) is 12.8. The van der Waals surface area contributed by atoms with Gasteiger partial charge in [0.15, 0.2) is 0 Å². The predicted octanol–water partition coefficient (Wildman–Crippen LogP) is 1.85. The highest BCUT2D eigenvalue weighted by molar-refractivity contribution is 5.88. The van der Waals surface area contributed by atoms with Gasteiger partial charge in [-0.3, -0.25) is 14.5 Å². The molecule has 0 aromatic heterocycles. The second-order valence-corrected chi connectivity index (χ2v) is 6.54. The lowest BCUT2D eigenvalue weighted by Gasteiger charge is -2.56. The molecule has 0 spiro atoms. The molecule has 0 saturated carbocycles. The largest absolute Gasteiger partial charge is 0.326 e. The molecule has 0 aliphatic carbocycles. The highest BCUT2D eigenvalue weighted by atomic mass is 16.2. The molecule has 0 atom stereocenters. The van der Waals surface area contributed by atoms with Crippen molar-refractivity contribution in [3.05, 3.63) is 12.7 Å². The number of rotatable bonds is 4. The molecule has 1 saturated heterocycles. The van der Waals surface area contributed by atoms with Gasteiger partial charge in [-0.15, -0.1) is 0 Å². The van der Waals surface area contributed by atoms with E-state index in [0.29, 0.717) is 26.1 Å². The van der Waals surface area contributed by atoms with Gasteiger partial charge in [0.25, 0.3) is 0 Å². The topological polar surface area (TPSA) is 40.6 Å². The van der Waals surface area contributed by atoms with Crippen molar-refractivity contribution in [2.45, 2.75) is 52.1 Å². The molecule has 1 aliphatic heterocycles. The highest BCUT2D eigenvalue weighted by Gasteiger charge is 2.46. The van der Waals surface area contributed by atoms with E-state index in [1.165, 1.54) is 6.08 Å². The van der Waals surface area contributed by atoms with Gasteiger partial charge in [-0.1, -0.05) is 13.5 Å². The Labute approximate surface area is 116 Å². The van der Waals surface area contributed by atoms with Crippen LogP contribution in [0.3, 0.4) is 0 Å². The second kappa shape index (κ2) is 5.45. The number of hydrogen-bond donors (Lipinski definition) is 0. The Morgan fingerprint density at radius 1 is 1.16 bits per heavy atom. The molecule has 0 bridgehead atoms. The molecule has 0 aromatic carbocycles. The lowest BCUT2D eigenvalue weighted by atomic mass is 9.87. The summed E-state index contributed by atoms with van der Waals surface area (Å²) in [6.45, 7) is 15.5. The molecule has 1 fully saturated rings. The van der Waals surface area contributed by atoms with E-state index < -0.39 is 0 Å². The summed E-state index contributed by atoms with van der Waals surface area (Å²) in [6, 6.07) is 0. The van der Waals surface area contributed by atoms with Crippen molar-refractivity contribution < 1.29 is 9.59 Å². The maximum absolute atomic E-state index is 12.1. The van der Waals surface area contributed by atoms with Gasteiger partial charge < -0.3 is 4.90 Å². The van der Waals surface area contributed by atoms with Crippen molar-refractivity contribution >= 4 is 11.7 Å². The van der Waals surface area contributed by atoms with Gasteiger partial charge in [0.2, 0.25) is 5.91 Å².